The highest BCUT2D eigenvalue weighted by Gasteiger charge is 2.65. The first-order valence-electron chi connectivity index (χ1n) is 6.97. The second-order valence-electron chi connectivity index (χ2n) is 7.23. The summed E-state index contributed by atoms with van der Waals surface area (Å²) in [5.74, 6) is 2.82. The Morgan fingerprint density at radius 1 is 1.19 bits per heavy atom. The van der Waals surface area contributed by atoms with Crippen LogP contribution in [-0.4, -0.2) is 6.29 Å². The molecule has 1 spiro atoms. The van der Waals surface area contributed by atoms with Gasteiger partial charge < -0.3 is 4.79 Å². The Bertz CT molecular complexity index is 319. The van der Waals surface area contributed by atoms with E-state index in [-0.39, 0.29) is 0 Å². The largest absolute Gasteiger partial charge is 0.303 e. The van der Waals surface area contributed by atoms with Crippen LogP contribution in [0.15, 0.2) is 0 Å². The Balaban J connectivity index is 2.03. The van der Waals surface area contributed by atoms with Gasteiger partial charge in [0.2, 0.25) is 0 Å². The molecule has 0 saturated heterocycles. The monoisotopic (exact) mass is 220 g/mol. The van der Waals surface area contributed by atoms with Gasteiger partial charge in [-0.2, -0.15) is 0 Å². The van der Waals surface area contributed by atoms with Crippen molar-refractivity contribution in [2.75, 3.05) is 0 Å². The van der Waals surface area contributed by atoms with Gasteiger partial charge in [0.1, 0.15) is 6.29 Å². The maximum absolute atomic E-state index is 11.2. The average molecular weight is 220 g/mol. The van der Waals surface area contributed by atoms with E-state index in [0.29, 0.717) is 22.7 Å². The lowest BCUT2D eigenvalue weighted by Crippen LogP contribution is -2.32. The summed E-state index contributed by atoms with van der Waals surface area (Å²) in [6.45, 7) is 7.33. The third-order valence-corrected chi connectivity index (χ3v) is 6.65. The highest BCUT2D eigenvalue weighted by molar-refractivity contribution is 5.55. The van der Waals surface area contributed by atoms with Crippen molar-refractivity contribution in [3.63, 3.8) is 0 Å². The van der Waals surface area contributed by atoms with Crippen molar-refractivity contribution in [2.24, 2.45) is 34.5 Å². The molecule has 0 N–H and O–H groups in total. The zero-order valence-electron chi connectivity index (χ0n) is 10.8. The quantitative estimate of drug-likeness (QED) is 0.616. The summed E-state index contributed by atoms with van der Waals surface area (Å²) in [5, 5.41) is 0. The van der Waals surface area contributed by atoms with Gasteiger partial charge in [0, 0.05) is 5.92 Å². The maximum atomic E-state index is 11.2. The maximum Gasteiger partial charge on any atom is 0.123 e. The van der Waals surface area contributed by atoms with E-state index in [9.17, 15) is 4.79 Å². The summed E-state index contributed by atoms with van der Waals surface area (Å²) in [6, 6.07) is 0. The van der Waals surface area contributed by atoms with Crippen LogP contribution in [0.25, 0.3) is 0 Å². The van der Waals surface area contributed by atoms with Gasteiger partial charge in [-0.25, -0.2) is 0 Å². The van der Waals surface area contributed by atoms with E-state index in [1.165, 1.54) is 38.4 Å². The predicted molar refractivity (Wildman–Crippen MR) is 65.0 cm³/mol. The molecule has 0 amide bonds. The summed E-state index contributed by atoms with van der Waals surface area (Å²) >= 11 is 0. The molecule has 16 heavy (non-hydrogen) atoms. The number of fused-ring (bicyclic) bond motifs is 1. The average Bonchev–Trinajstić information content (AvgIpc) is 2.65. The molecule has 3 saturated carbocycles. The summed E-state index contributed by atoms with van der Waals surface area (Å²) in [7, 11) is 0. The number of rotatable bonds is 1. The summed E-state index contributed by atoms with van der Waals surface area (Å²) in [6.07, 6.45) is 7.92. The van der Waals surface area contributed by atoms with Gasteiger partial charge >= 0.3 is 0 Å². The number of carbonyl (C=O) groups is 1. The van der Waals surface area contributed by atoms with E-state index in [4.69, 9.17) is 0 Å². The molecule has 0 aliphatic heterocycles. The Morgan fingerprint density at radius 3 is 2.62 bits per heavy atom. The Morgan fingerprint density at radius 2 is 1.94 bits per heavy atom. The van der Waals surface area contributed by atoms with Crippen LogP contribution in [0.4, 0.5) is 0 Å². The van der Waals surface area contributed by atoms with Gasteiger partial charge in [0.25, 0.3) is 0 Å². The third kappa shape index (κ3) is 1.05. The minimum atomic E-state index is 0.360. The Labute approximate surface area is 99.0 Å². The molecule has 1 unspecified atom stereocenters. The molecule has 3 aliphatic rings. The van der Waals surface area contributed by atoms with Crippen molar-refractivity contribution in [1.29, 1.82) is 0 Å². The SMILES string of the molecule is CC1CC[C@@H]2C(C)(C)[C@H]3C[C@@]12CC[C@H]3C=O. The lowest BCUT2D eigenvalue weighted by Gasteiger charge is -2.39. The smallest absolute Gasteiger partial charge is 0.123 e. The Kier molecular flexibility index (Phi) is 2.10. The van der Waals surface area contributed by atoms with Gasteiger partial charge in [0.15, 0.2) is 0 Å². The van der Waals surface area contributed by atoms with Crippen LogP contribution in [-0.2, 0) is 4.79 Å². The van der Waals surface area contributed by atoms with E-state index in [2.05, 4.69) is 20.8 Å². The number of hydrogen-bond donors (Lipinski definition) is 0. The van der Waals surface area contributed by atoms with E-state index in [1.54, 1.807) is 0 Å². The molecule has 0 aromatic rings. The molecule has 1 nitrogen and oxygen atoms in total. The van der Waals surface area contributed by atoms with Gasteiger partial charge in [-0.15, -0.1) is 0 Å². The molecule has 2 bridgehead atoms. The fourth-order valence-electron chi connectivity index (χ4n) is 5.75. The molecule has 1 heteroatoms. The van der Waals surface area contributed by atoms with Gasteiger partial charge in [0.05, 0.1) is 0 Å². The third-order valence-electron chi connectivity index (χ3n) is 6.65. The fraction of sp³-hybridized carbons (Fsp3) is 0.933. The van der Waals surface area contributed by atoms with Crippen molar-refractivity contribution < 1.29 is 4.79 Å². The van der Waals surface area contributed by atoms with Crippen molar-refractivity contribution >= 4 is 6.29 Å². The van der Waals surface area contributed by atoms with Crippen LogP contribution < -0.4 is 0 Å². The molecule has 3 fully saturated rings. The fourth-order valence-corrected chi connectivity index (χ4v) is 5.75. The van der Waals surface area contributed by atoms with E-state index < -0.39 is 0 Å². The molecule has 0 radical (unpaired) electrons. The number of hydrogen-bond acceptors (Lipinski definition) is 1. The highest BCUT2D eigenvalue weighted by atomic mass is 16.1. The molecule has 0 aromatic heterocycles. The van der Waals surface area contributed by atoms with E-state index >= 15 is 0 Å². The van der Waals surface area contributed by atoms with Crippen molar-refractivity contribution in [1.82, 2.24) is 0 Å². The summed E-state index contributed by atoms with van der Waals surface area (Å²) in [4.78, 5) is 11.2. The van der Waals surface area contributed by atoms with Crippen LogP contribution in [0.3, 0.4) is 0 Å². The summed E-state index contributed by atoms with van der Waals surface area (Å²) in [5.41, 5.74) is 1.03. The van der Waals surface area contributed by atoms with Gasteiger partial charge in [-0.1, -0.05) is 20.8 Å². The zero-order valence-corrected chi connectivity index (χ0v) is 10.8. The van der Waals surface area contributed by atoms with Crippen LogP contribution >= 0.6 is 0 Å². The second-order valence-corrected chi connectivity index (χ2v) is 7.23. The van der Waals surface area contributed by atoms with Crippen LogP contribution in [0.1, 0.15) is 52.9 Å². The van der Waals surface area contributed by atoms with Crippen molar-refractivity contribution in [3.8, 4) is 0 Å². The molecule has 5 atom stereocenters. The number of carbonyl (C=O) groups excluding carboxylic acids is 1. The zero-order chi connectivity index (χ0) is 11.6. The summed E-state index contributed by atoms with van der Waals surface area (Å²) < 4.78 is 0. The standard InChI is InChI=1S/C15H24O/c1-10-4-5-13-14(2,3)12-8-15(10,13)7-6-11(12)9-16/h9-13H,4-8H2,1-3H3/t10?,11-,12-,13+,15-/m0/s1. The lowest BCUT2D eigenvalue weighted by atomic mass is 9.66. The first kappa shape index (κ1) is 10.8. The van der Waals surface area contributed by atoms with Gasteiger partial charge in [-0.05, 0) is 60.7 Å². The molecule has 3 rings (SSSR count). The topological polar surface area (TPSA) is 17.1 Å². The first-order valence-corrected chi connectivity index (χ1v) is 6.97. The predicted octanol–water partition coefficient (Wildman–Crippen LogP) is 3.67. The molecule has 90 valence electrons. The Hall–Kier alpha value is -0.330. The molecule has 3 aliphatic carbocycles. The van der Waals surface area contributed by atoms with Gasteiger partial charge in [-0.3, -0.25) is 0 Å². The normalized spacial score (nSPS) is 53.7. The first-order chi connectivity index (χ1) is 7.52. The second kappa shape index (κ2) is 3.11. The van der Waals surface area contributed by atoms with Crippen molar-refractivity contribution in [3.05, 3.63) is 0 Å². The molecular formula is C15H24O. The lowest BCUT2D eigenvalue weighted by molar-refractivity contribution is -0.115. The van der Waals surface area contributed by atoms with Crippen molar-refractivity contribution in [2.45, 2.75) is 52.9 Å². The van der Waals surface area contributed by atoms with Crippen LogP contribution in [0, 0.1) is 34.5 Å². The molecule has 0 heterocycles. The van der Waals surface area contributed by atoms with E-state index in [1.807, 2.05) is 0 Å². The molecular weight excluding hydrogens is 196 g/mol. The van der Waals surface area contributed by atoms with E-state index in [0.717, 1.165) is 11.8 Å². The highest BCUT2D eigenvalue weighted by Crippen LogP contribution is 2.72. The minimum Gasteiger partial charge on any atom is -0.303 e. The minimum absolute atomic E-state index is 0.360. The number of aldehydes is 1. The van der Waals surface area contributed by atoms with Crippen LogP contribution in [0.2, 0.25) is 0 Å². The van der Waals surface area contributed by atoms with Crippen LogP contribution in [0.5, 0.6) is 0 Å². The molecule has 0 aromatic carbocycles.